The van der Waals surface area contributed by atoms with Gasteiger partial charge in [-0.2, -0.15) is 0 Å². The van der Waals surface area contributed by atoms with E-state index in [-0.39, 0.29) is 20.0 Å². The number of carbonyl (C=O) groups excluding carboxylic acids is 3. The second kappa shape index (κ2) is 14.6. The van der Waals surface area contributed by atoms with Crippen molar-refractivity contribution in [1.29, 1.82) is 0 Å². The van der Waals surface area contributed by atoms with Gasteiger partial charge in [0.15, 0.2) is 12.2 Å². The molecule has 0 saturated carbocycles. The SMILES string of the molecule is C=CC(=O)OCOc1ccc(C(=O)O[C@H]2CO[C@H]3[C@@H]2OC[C@H]3OC(=O)c2ccc(CCCCCCC)cc2)cc1. The molecule has 2 aromatic rings. The number of hydrogen-bond donors (Lipinski definition) is 0. The predicted octanol–water partition coefficient (Wildman–Crippen LogP) is 4.81. The monoisotopic (exact) mass is 552 g/mol. The predicted molar refractivity (Wildman–Crippen MR) is 145 cm³/mol. The molecule has 0 spiro atoms. The summed E-state index contributed by atoms with van der Waals surface area (Å²) in [6, 6.07) is 13.7. The normalized spacial score (nSPS) is 21.3. The highest BCUT2D eigenvalue weighted by molar-refractivity contribution is 5.90. The fraction of sp³-hybridized carbons (Fsp3) is 0.452. The second-order valence-electron chi connectivity index (χ2n) is 9.80. The molecule has 2 saturated heterocycles. The molecule has 2 aromatic carbocycles. The van der Waals surface area contributed by atoms with Crippen LogP contribution in [0.3, 0.4) is 0 Å². The molecule has 40 heavy (non-hydrogen) atoms. The summed E-state index contributed by atoms with van der Waals surface area (Å²) in [5.74, 6) is -1.16. The molecule has 9 nitrogen and oxygen atoms in total. The third-order valence-electron chi connectivity index (χ3n) is 6.92. The summed E-state index contributed by atoms with van der Waals surface area (Å²) < 4.78 is 33.0. The van der Waals surface area contributed by atoms with E-state index in [4.69, 9.17) is 28.4 Å². The first-order valence-electron chi connectivity index (χ1n) is 13.7. The van der Waals surface area contributed by atoms with Crippen molar-refractivity contribution in [3.05, 3.63) is 77.9 Å². The van der Waals surface area contributed by atoms with Crippen molar-refractivity contribution in [2.24, 2.45) is 0 Å². The van der Waals surface area contributed by atoms with Gasteiger partial charge in [-0.05, 0) is 54.8 Å². The number of unbranched alkanes of at least 4 members (excludes halogenated alkanes) is 4. The Bertz CT molecular complexity index is 1140. The van der Waals surface area contributed by atoms with E-state index in [0.29, 0.717) is 16.9 Å². The molecule has 2 fully saturated rings. The van der Waals surface area contributed by atoms with Crippen LogP contribution in [0.25, 0.3) is 0 Å². The third kappa shape index (κ3) is 7.92. The molecule has 0 bridgehead atoms. The summed E-state index contributed by atoms with van der Waals surface area (Å²) in [6.07, 6.45) is 5.89. The van der Waals surface area contributed by atoms with Crippen LogP contribution >= 0.6 is 0 Å². The molecular formula is C31H36O9. The van der Waals surface area contributed by atoms with Gasteiger partial charge in [0, 0.05) is 6.08 Å². The lowest BCUT2D eigenvalue weighted by Gasteiger charge is -2.17. The maximum Gasteiger partial charge on any atom is 0.338 e. The average Bonchev–Trinajstić information content (AvgIpc) is 3.56. The lowest BCUT2D eigenvalue weighted by atomic mass is 10.0. The van der Waals surface area contributed by atoms with Crippen LogP contribution in [0, 0.1) is 0 Å². The standard InChI is InChI=1S/C31H36O9/c1-3-5-6-7-8-9-21-10-12-22(13-11-21)30(33)39-25-18-35-29-26(19-36-28(25)29)40-31(34)23-14-16-24(17-15-23)37-20-38-27(32)4-2/h4,10-17,25-26,28-29H,2-3,5-9,18-20H2,1H3/t25-,26+,28-,29-/m1/s1. The van der Waals surface area contributed by atoms with Crippen LogP contribution in [-0.4, -0.2) is 62.3 Å². The number of rotatable bonds is 14. The zero-order valence-electron chi connectivity index (χ0n) is 22.8. The molecule has 0 aromatic heterocycles. The van der Waals surface area contributed by atoms with Crippen LogP contribution in [0.5, 0.6) is 5.75 Å². The highest BCUT2D eigenvalue weighted by atomic mass is 16.7. The molecule has 214 valence electrons. The minimum absolute atomic E-state index is 0.137. The summed E-state index contributed by atoms with van der Waals surface area (Å²) in [5.41, 5.74) is 1.99. The number of hydrogen-bond acceptors (Lipinski definition) is 9. The maximum absolute atomic E-state index is 12.8. The number of esters is 3. The van der Waals surface area contributed by atoms with Crippen molar-refractivity contribution in [3.63, 3.8) is 0 Å². The van der Waals surface area contributed by atoms with Crippen molar-refractivity contribution in [1.82, 2.24) is 0 Å². The Morgan fingerprint density at radius 2 is 1.38 bits per heavy atom. The summed E-state index contributed by atoms with van der Waals surface area (Å²) in [4.78, 5) is 36.5. The first-order chi connectivity index (χ1) is 19.5. The fourth-order valence-corrected chi connectivity index (χ4v) is 4.68. The molecule has 2 heterocycles. The van der Waals surface area contributed by atoms with Gasteiger partial charge in [-0.3, -0.25) is 0 Å². The Hall–Kier alpha value is -3.69. The van der Waals surface area contributed by atoms with Crippen molar-refractivity contribution in [3.8, 4) is 5.75 Å². The molecule has 0 amide bonds. The van der Waals surface area contributed by atoms with E-state index in [0.717, 1.165) is 18.9 Å². The third-order valence-corrected chi connectivity index (χ3v) is 6.92. The summed E-state index contributed by atoms with van der Waals surface area (Å²) >= 11 is 0. The lowest BCUT2D eigenvalue weighted by molar-refractivity contribution is -0.144. The molecule has 2 aliphatic heterocycles. The number of aryl methyl sites for hydroxylation is 1. The minimum atomic E-state index is -0.632. The van der Waals surface area contributed by atoms with E-state index >= 15 is 0 Å². The highest BCUT2D eigenvalue weighted by Crippen LogP contribution is 2.31. The van der Waals surface area contributed by atoms with Crippen molar-refractivity contribution >= 4 is 17.9 Å². The van der Waals surface area contributed by atoms with Crippen LogP contribution in [-0.2, 0) is 34.9 Å². The number of ether oxygens (including phenoxy) is 6. The quantitative estimate of drug-likeness (QED) is 0.107. The zero-order valence-corrected chi connectivity index (χ0v) is 22.8. The van der Waals surface area contributed by atoms with E-state index in [1.807, 2.05) is 12.1 Å². The molecule has 4 rings (SSSR count). The highest BCUT2D eigenvalue weighted by Gasteiger charge is 2.51. The van der Waals surface area contributed by atoms with E-state index < -0.39 is 42.3 Å². The van der Waals surface area contributed by atoms with E-state index in [9.17, 15) is 14.4 Å². The van der Waals surface area contributed by atoms with Crippen LogP contribution in [0.4, 0.5) is 0 Å². The second-order valence-corrected chi connectivity index (χ2v) is 9.80. The largest absolute Gasteiger partial charge is 0.457 e. The average molecular weight is 553 g/mol. The minimum Gasteiger partial charge on any atom is -0.457 e. The summed E-state index contributed by atoms with van der Waals surface area (Å²) in [7, 11) is 0. The summed E-state index contributed by atoms with van der Waals surface area (Å²) in [5, 5.41) is 0. The van der Waals surface area contributed by atoms with Gasteiger partial charge in [-0.25, -0.2) is 14.4 Å². The molecular weight excluding hydrogens is 516 g/mol. The molecule has 0 radical (unpaired) electrons. The molecule has 2 aliphatic rings. The van der Waals surface area contributed by atoms with Gasteiger partial charge in [0.05, 0.1) is 24.3 Å². The van der Waals surface area contributed by atoms with Gasteiger partial charge < -0.3 is 28.4 Å². The molecule has 0 unspecified atom stereocenters. The lowest BCUT2D eigenvalue weighted by Crippen LogP contribution is -2.36. The zero-order chi connectivity index (χ0) is 28.3. The number of carbonyl (C=O) groups is 3. The van der Waals surface area contributed by atoms with Crippen LogP contribution in [0.2, 0.25) is 0 Å². The first kappa shape index (κ1) is 29.3. The number of fused-ring (bicyclic) bond motifs is 1. The topological polar surface area (TPSA) is 107 Å². The van der Waals surface area contributed by atoms with Crippen LogP contribution < -0.4 is 4.74 Å². The summed E-state index contributed by atoms with van der Waals surface area (Å²) in [6.45, 7) is 5.53. The van der Waals surface area contributed by atoms with Crippen molar-refractivity contribution in [2.45, 2.75) is 69.9 Å². The molecule has 0 N–H and O–H groups in total. The Labute approximate surface area is 234 Å². The van der Waals surface area contributed by atoms with Gasteiger partial charge in [0.2, 0.25) is 6.79 Å². The Morgan fingerprint density at radius 1 is 0.825 bits per heavy atom. The molecule has 4 atom stereocenters. The van der Waals surface area contributed by atoms with E-state index in [1.165, 1.54) is 43.4 Å². The van der Waals surface area contributed by atoms with Gasteiger partial charge in [0.25, 0.3) is 0 Å². The van der Waals surface area contributed by atoms with Gasteiger partial charge in [-0.1, -0.05) is 51.3 Å². The van der Waals surface area contributed by atoms with Gasteiger partial charge in [0.1, 0.15) is 18.0 Å². The fourth-order valence-electron chi connectivity index (χ4n) is 4.68. The van der Waals surface area contributed by atoms with Crippen LogP contribution in [0.1, 0.15) is 65.3 Å². The molecule has 0 aliphatic carbocycles. The Morgan fingerprint density at radius 3 is 1.93 bits per heavy atom. The van der Waals surface area contributed by atoms with Gasteiger partial charge >= 0.3 is 17.9 Å². The van der Waals surface area contributed by atoms with Crippen molar-refractivity contribution in [2.75, 3.05) is 20.0 Å². The van der Waals surface area contributed by atoms with Crippen LogP contribution in [0.15, 0.2) is 61.2 Å². The van der Waals surface area contributed by atoms with E-state index in [1.54, 1.807) is 24.3 Å². The Kier molecular flexibility index (Phi) is 10.7. The number of benzene rings is 2. The molecule has 9 heteroatoms. The van der Waals surface area contributed by atoms with Crippen molar-refractivity contribution < 1.29 is 42.8 Å². The smallest absolute Gasteiger partial charge is 0.338 e. The first-order valence-corrected chi connectivity index (χ1v) is 13.7. The van der Waals surface area contributed by atoms with E-state index in [2.05, 4.69) is 13.5 Å². The Balaban J connectivity index is 1.22. The maximum atomic E-state index is 12.8. The van der Waals surface area contributed by atoms with Gasteiger partial charge in [-0.15, -0.1) is 0 Å².